The maximum absolute atomic E-state index is 10.6. The molecule has 0 spiro atoms. The topological polar surface area (TPSA) is 79.0 Å². The molecule has 0 aromatic heterocycles. The highest BCUT2D eigenvalue weighted by Gasteiger charge is 2.13. The van der Waals surface area contributed by atoms with Crippen molar-refractivity contribution in [3.8, 4) is 6.07 Å². The summed E-state index contributed by atoms with van der Waals surface area (Å²) in [5.41, 5.74) is 0.659. The van der Waals surface area contributed by atoms with Gasteiger partial charge in [0.2, 0.25) is 0 Å². The number of nitro benzene ring substituents is 1. The minimum Gasteiger partial charge on any atom is -0.385 e. The highest BCUT2D eigenvalue weighted by Crippen LogP contribution is 2.21. The summed E-state index contributed by atoms with van der Waals surface area (Å²) in [6.07, 6.45) is 0. The summed E-state index contributed by atoms with van der Waals surface area (Å²) >= 11 is 0. The van der Waals surface area contributed by atoms with Crippen LogP contribution in [0, 0.1) is 27.4 Å². The van der Waals surface area contributed by atoms with Gasteiger partial charge in [0.15, 0.2) is 0 Å². The number of anilines is 1. The van der Waals surface area contributed by atoms with Gasteiger partial charge in [0.05, 0.1) is 4.92 Å². The number of hydrogen-bond donors (Lipinski definition) is 1. The van der Waals surface area contributed by atoms with Crippen molar-refractivity contribution in [2.24, 2.45) is 5.92 Å². The molecule has 0 aliphatic carbocycles. The Labute approximate surface area is 93.9 Å². The van der Waals surface area contributed by atoms with E-state index in [-0.39, 0.29) is 11.3 Å². The normalized spacial score (nSPS) is 9.88. The summed E-state index contributed by atoms with van der Waals surface area (Å²) in [5.74, 6) is 0.473. The average molecular weight is 219 g/mol. The molecular formula is C11H13N3O2. The molecule has 1 N–H and O–H groups in total. The Morgan fingerprint density at radius 2 is 2.25 bits per heavy atom. The Bertz CT molecular complexity index is 435. The highest BCUT2D eigenvalue weighted by molar-refractivity contribution is 5.58. The van der Waals surface area contributed by atoms with E-state index in [1.807, 2.05) is 6.07 Å². The fourth-order valence-corrected chi connectivity index (χ4v) is 1.22. The van der Waals surface area contributed by atoms with Gasteiger partial charge < -0.3 is 5.32 Å². The van der Waals surface area contributed by atoms with Gasteiger partial charge in [0, 0.05) is 18.3 Å². The molecule has 0 unspecified atom stereocenters. The molecule has 5 heteroatoms. The fourth-order valence-electron chi connectivity index (χ4n) is 1.22. The first-order chi connectivity index (χ1) is 7.54. The number of benzene rings is 1. The van der Waals surface area contributed by atoms with E-state index in [0.29, 0.717) is 5.92 Å². The van der Waals surface area contributed by atoms with Crippen molar-refractivity contribution in [2.45, 2.75) is 13.8 Å². The van der Waals surface area contributed by atoms with E-state index in [1.54, 1.807) is 6.07 Å². The van der Waals surface area contributed by atoms with Gasteiger partial charge in [-0.25, -0.2) is 0 Å². The Morgan fingerprint density at radius 3 is 2.75 bits per heavy atom. The SMILES string of the molecule is CC(C)CNc1ccc([N+](=O)[O-])c(C#N)c1. The zero-order chi connectivity index (χ0) is 12.1. The molecule has 0 radical (unpaired) electrons. The van der Waals surface area contributed by atoms with Crippen molar-refractivity contribution in [1.29, 1.82) is 5.26 Å². The molecule has 84 valence electrons. The van der Waals surface area contributed by atoms with Gasteiger partial charge >= 0.3 is 0 Å². The maximum atomic E-state index is 10.6. The second kappa shape index (κ2) is 5.12. The molecule has 1 aromatic rings. The Balaban J connectivity index is 2.92. The van der Waals surface area contributed by atoms with Crippen LogP contribution in [0.1, 0.15) is 19.4 Å². The van der Waals surface area contributed by atoms with Crippen molar-refractivity contribution in [3.63, 3.8) is 0 Å². The van der Waals surface area contributed by atoms with Crippen LogP contribution in [0.4, 0.5) is 11.4 Å². The van der Waals surface area contributed by atoms with Crippen molar-refractivity contribution < 1.29 is 4.92 Å². The lowest BCUT2D eigenvalue weighted by molar-refractivity contribution is -0.385. The van der Waals surface area contributed by atoms with E-state index in [4.69, 9.17) is 5.26 Å². The van der Waals surface area contributed by atoms with Crippen LogP contribution < -0.4 is 5.32 Å². The molecule has 1 aromatic carbocycles. The van der Waals surface area contributed by atoms with E-state index in [0.717, 1.165) is 12.2 Å². The van der Waals surface area contributed by atoms with E-state index >= 15 is 0 Å². The van der Waals surface area contributed by atoms with E-state index in [9.17, 15) is 10.1 Å². The van der Waals surface area contributed by atoms with Crippen LogP contribution in [-0.2, 0) is 0 Å². The smallest absolute Gasteiger partial charge is 0.287 e. The molecule has 0 fully saturated rings. The third-order valence-corrected chi connectivity index (χ3v) is 2.03. The van der Waals surface area contributed by atoms with Gasteiger partial charge in [-0.15, -0.1) is 0 Å². The Morgan fingerprint density at radius 1 is 1.56 bits per heavy atom. The molecule has 0 atom stereocenters. The van der Waals surface area contributed by atoms with Crippen LogP contribution >= 0.6 is 0 Å². The predicted molar refractivity (Wildman–Crippen MR) is 61.1 cm³/mol. The number of rotatable bonds is 4. The predicted octanol–water partition coefficient (Wildman–Crippen LogP) is 2.53. The van der Waals surface area contributed by atoms with Gasteiger partial charge in [-0.2, -0.15) is 5.26 Å². The standard InChI is InChI=1S/C11H13N3O2/c1-8(2)7-13-10-3-4-11(14(15)16)9(5-10)6-12/h3-5,8,13H,7H2,1-2H3. The summed E-state index contributed by atoms with van der Waals surface area (Å²) in [6, 6.07) is 6.28. The first kappa shape index (κ1) is 12.0. The molecular weight excluding hydrogens is 206 g/mol. The van der Waals surface area contributed by atoms with Crippen molar-refractivity contribution in [1.82, 2.24) is 0 Å². The molecule has 1 rings (SSSR count). The van der Waals surface area contributed by atoms with E-state index in [2.05, 4.69) is 19.2 Å². The molecule has 0 amide bonds. The van der Waals surface area contributed by atoms with Gasteiger partial charge in [-0.05, 0) is 18.1 Å². The molecule has 5 nitrogen and oxygen atoms in total. The third-order valence-electron chi connectivity index (χ3n) is 2.03. The highest BCUT2D eigenvalue weighted by atomic mass is 16.6. The zero-order valence-corrected chi connectivity index (χ0v) is 9.23. The van der Waals surface area contributed by atoms with Crippen LogP contribution in [0.2, 0.25) is 0 Å². The third kappa shape index (κ3) is 2.95. The summed E-state index contributed by atoms with van der Waals surface area (Å²) in [5, 5.41) is 22.5. The summed E-state index contributed by atoms with van der Waals surface area (Å²) in [4.78, 5) is 10.0. The van der Waals surface area contributed by atoms with Gasteiger partial charge in [-0.1, -0.05) is 13.8 Å². The summed E-state index contributed by atoms with van der Waals surface area (Å²) < 4.78 is 0. The minimum atomic E-state index is -0.551. The number of hydrogen-bond acceptors (Lipinski definition) is 4. The van der Waals surface area contributed by atoms with Crippen molar-refractivity contribution in [2.75, 3.05) is 11.9 Å². The minimum absolute atomic E-state index is 0.0822. The second-order valence-electron chi connectivity index (χ2n) is 3.88. The summed E-state index contributed by atoms with van der Waals surface area (Å²) in [6.45, 7) is 4.88. The van der Waals surface area contributed by atoms with Crippen LogP contribution in [-0.4, -0.2) is 11.5 Å². The average Bonchev–Trinajstić information content (AvgIpc) is 2.25. The number of nitriles is 1. The molecule has 0 heterocycles. The van der Waals surface area contributed by atoms with Crippen LogP contribution in [0.3, 0.4) is 0 Å². The number of nitro groups is 1. The lowest BCUT2D eigenvalue weighted by Crippen LogP contribution is -2.08. The van der Waals surface area contributed by atoms with Gasteiger partial charge in [-0.3, -0.25) is 10.1 Å². The Hall–Kier alpha value is -2.09. The van der Waals surface area contributed by atoms with Crippen molar-refractivity contribution in [3.05, 3.63) is 33.9 Å². The lowest BCUT2D eigenvalue weighted by Gasteiger charge is -2.08. The van der Waals surface area contributed by atoms with Crippen LogP contribution in [0.25, 0.3) is 0 Å². The monoisotopic (exact) mass is 219 g/mol. The van der Waals surface area contributed by atoms with Crippen LogP contribution in [0.5, 0.6) is 0 Å². The largest absolute Gasteiger partial charge is 0.385 e. The quantitative estimate of drug-likeness (QED) is 0.623. The molecule has 0 bridgehead atoms. The van der Waals surface area contributed by atoms with E-state index in [1.165, 1.54) is 12.1 Å². The molecule has 0 aliphatic rings. The van der Waals surface area contributed by atoms with E-state index < -0.39 is 4.92 Å². The van der Waals surface area contributed by atoms with Gasteiger partial charge in [0.1, 0.15) is 11.6 Å². The molecule has 0 saturated carbocycles. The maximum Gasteiger partial charge on any atom is 0.287 e. The van der Waals surface area contributed by atoms with Crippen molar-refractivity contribution >= 4 is 11.4 Å². The van der Waals surface area contributed by atoms with Crippen LogP contribution in [0.15, 0.2) is 18.2 Å². The Kier molecular flexibility index (Phi) is 3.84. The fraction of sp³-hybridized carbons (Fsp3) is 0.364. The summed E-state index contributed by atoms with van der Waals surface area (Å²) in [7, 11) is 0. The first-order valence-electron chi connectivity index (χ1n) is 4.97. The second-order valence-corrected chi connectivity index (χ2v) is 3.88. The molecule has 0 aliphatic heterocycles. The lowest BCUT2D eigenvalue weighted by atomic mass is 10.1. The van der Waals surface area contributed by atoms with Gasteiger partial charge in [0.25, 0.3) is 5.69 Å². The number of nitrogens with zero attached hydrogens (tertiary/aromatic N) is 2. The molecule has 0 saturated heterocycles. The number of nitrogens with one attached hydrogen (secondary N) is 1. The first-order valence-corrected chi connectivity index (χ1v) is 4.97. The molecule has 16 heavy (non-hydrogen) atoms. The zero-order valence-electron chi connectivity index (χ0n) is 9.23.